The van der Waals surface area contributed by atoms with Gasteiger partial charge in [-0.15, -0.1) is 12.6 Å². The van der Waals surface area contributed by atoms with Crippen molar-refractivity contribution in [3.63, 3.8) is 0 Å². The largest absolute Gasteiger partial charge is 0.340 e. The number of halogens is 1. The van der Waals surface area contributed by atoms with Gasteiger partial charge in [-0.2, -0.15) is 0 Å². The fourth-order valence-corrected chi connectivity index (χ4v) is 2.68. The van der Waals surface area contributed by atoms with Crippen molar-refractivity contribution in [1.29, 1.82) is 0 Å². The summed E-state index contributed by atoms with van der Waals surface area (Å²) in [5, 5.41) is 5.20. The normalized spacial score (nSPS) is 10.8. The molecule has 2 aromatic carbocycles. The van der Waals surface area contributed by atoms with Gasteiger partial charge in [0, 0.05) is 15.2 Å². The van der Waals surface area contributed by atoms with Gasteiger partial charge in [0.1, 0.15) is 4.32 Å². The summed E-state index contributed by atoms with van der Waals surface area (Å²) < 4.78 is 1.45. The minimum Gasteiger partial charge on any atom is -0.340 e. The van der Waals surface area contributed by atoms with Crippen molar-refractivity contribution in [2.45, 2.75) is 0 Å². The van der Waals surface area contributed by atoms with Crippen LogP contribution in [0.3, 0.4) is 0 Å². The van der Waals surface area contributed by atoms with Crippen molar-refractivity contribution < 1.29 is 0 Å². The highest BCUT2D eigenvalue weighted by Gasteiger charge is 2.09. The number of benzene rings is 2. The lowest BCUT2D eigenvalue weighted by Gasteiger charge is -2.12. The molecular weight excluding hydrogens is 340 g/mol. The number of thiocarbonyl (C=S) groups is 1. The van der Waals surface area contributed by atoms with Gasteiger partial charge in [0.05, 0.1) is 16.7 Å². The first kappa shape index (κ1) is 12.8. The third-order valence-corrected chi connectivity index (χ3v) is 3.58. The number of nitrogens with zero attached hydrogens (tertiary/aromatic N) is 1. The van der Waals surface area contributed by atoms with Crippen LogP contribution in [0.25, 0.3) is 21.8 Å². The van der Waals surface area contributed by atoms with E-state index in [4.69, 9.17) is 12.2 Å². The first-order valence-electron chi connectivity index (χ1n) is 5.63. The van der Waals surface area contributed by atoms with Gasteiger partial charge in [-0.3, -0.25) is 0 Å². The van der Waals surface area contributed by atoms with E-state index in [2.05, 4.69) is 38.9 Å². The fraction of sp³-hybridized carbons (Fsp3) is 0. The summed E-state index contributed by atoms with van der Waals surface area (Å²) in [5.41, 5.74) is 2.81. The topological polar surface area (TPSA) is 24.9 Å². The van der Waals surface area contributed by atoms with Crippen LogP contribution in [-0.4, -0.2) is 9.30 Å². The van der Waals surface area contributed by atoms with E-state index in [9.17, 15) is 0 Å². The summed E-state index contributed by atoms with van der Waals surface area (Å²) in [5.74, 6) is 0. The van der Waals surface area contributed by atoms with Crippen LogP contribution in [0.1, 0.15) is 0 Å². The SMILES string of the molecule is S=C(S)Nc1c2ccccc2nc2ccc(Br)cc12. The second-order valence-electron chi connectivity index (χ2n) is 4.10. The Morgan fingerprint density at radius 2 is 1.84 bits per heavy atom. The molecule has 0 aliphatic carbocycles. The molecule has 94 valence electrons. The number of rotatable bonds is 1. The van der Waals surface area contributed by atoms with Gasteiger partial charge in [-0.05, 0) is 24.3 Å². The molecule has 0 fully saturated rings. The van der Waals surface area contributed by atoms with Gasteiger partial charge in [-0.25, -0.2) is 4.98 Å². The Morgan fingerprint density at radius 1 is 1.11 bits per heavy atom. The number of nitrogens with one attached hydrogen (secondary N) is 1. The quantitative estimate of drug-likeness (QED) is 0.376. The standard InChI is InChI=1S/C14H9BrN2S2/c15-8-5-6-12-10(7-8)13(17-14(18)19)9-3-1-2-4-11(9)16-12/h1-7H,(H2,16,17,18,19). The Morgan fingerprint density at radius 3 is 2.63 bits per heavy atom. The van der Waals surface area contributed by atoms with Crippen molar-refractivity contribution in [3.8, 4) is 0 Å². The van der Waals surface area contributed by atoms with E-state index in [1.54, 1.807) is 0 Å². The number of pyridine rings is 1. The predicted molar refractivity (Wildman–Crippen MR) is 92.2 cm³/mol. The van der Waals surface area contributed by atoms with E-state index >= 15 is 0 Å². The molecule has 2 nitrogen and oxygen atoms in total. The van der Waals surface area contributed by atoms with E-state index in [-0.39, 0.29) is 0 Å². The molecule has 0 spiro atoms. The number of thiol groups is 1. The van der Waals surface area contributed by atoms with Crippen LogP contribution in [0.4, 0.5) is 5.69 Å². The van der Waals surface area contributed by atoms with Crippen LogP contribution in [-0.2, 0) is 0 Å². The van der Waals surface area contributed by atoms with E-state index in [0.717, 1.165) is 32.0 Å². The number of para-hydroxylation sites is 1. The lowest BCUT2D eigenvalue weighted by atomic mass is 10.1. The third kappa shape index (κ3) is 2.45. The van der Waals surface area contributed by atoms with Gasteiger partial charge in [0.25, 0.3) is 0 Å². The fourth-order valence-electron chi connectivity index (χ4n) is 2.10. The van der Waals surface area contributed by atoms with Crippen LogP contribution in [0.2, 0.25) is 0 Å². The van der Waals surface area contributed by atoms with Crippen LogP contribution < -0.4 is 5.32 Å². The molecule has 0 unspecified atom stereocenters. The van der Waals surface area contributed by atoms with Crippen LogP contribution in [0.5, 0.6) is 0 Å². The zero-order chi connectivity index (χ0) is 13.4. The monoisotopic (exact) mass is 348 g/mol. The molecule has 1 heterocycles. The zero-order valence-corrected chi connectivity index (χ0v) is 13.0. The molecule has 0 atom stereocenters. The number of aromatic nitrogens is 1. The summed E-state index contributed by atoms with van der Waals surface area (Å²) in [4.78, 5) is 4.66. The molecule has 0 aliphatic heterocycles. The maximum absolute atomic E-state index is 5.06. The summed E-state index contributed by atoms with van der Waals surface area (Å²) in [6, 6.07) is 14.0. The van der Waals surface area contributed by atoms with Gasteiger partial charge >= 0.3 is 0 Å². The first-order chi connectivity index (χ1) is 9.15. The number of hydrogen-bond acceptors (Lipinski definition) is 2. The van der Waals surface area contributed by atoms with Crippen LogP contribution >= 0.6 is 40.8 Å². The molecule has 0 aliphatic rings. The second kappa shape index (κ2) is 5.07. The molecule has 1 aromatic heterocycles. The Hall–Kier alpha value is -1.17. The Bertz CT molecular complexity index is 802. The van der Waals surface area contributed by atoms with E-state index in [1.165, 1.54) is 0 Å². The highest BCUT2D eigenvalue weighted by Crippen LogP contribution is 2.32. The minimum absolute atomic E-state index is 0.442. The van der Waals surface area contributed by atoms with Crippen LogP contribution in [0.15, 0.2) is 46.9 Å². The molecule has 3 rings (SSSR count). The summed E-state index contributed by atoms with van der Waals surface area (Å²) in [7, 11) is 0. The van der Waals surface area contributed by atoms with Crippen molar-refractivity contribution in [2.75, 3.05) is 5.32 Å². The maximum atomic E-state index is 5.06. The van der Waals surface area contributed by atoms with Crippen molar-refractivity contribution >= 4 is 72.6 Å². The van der Waals surface area contributed by atoms with Crippen LogP contribution in [0, 0.1) is 0 Å². The van der Waals surface area contributed by atoms with Gasteiger partial charge in [0.15, 0.2) is 0 Å². The second-order valence-corrected chi connectivity index (χ2v) is 6.17. The number of anilines is 1. The summed E-state index contributed by atoms with van der Waals surface area (Å²) in [6.45, 7) is 0. The average molecular weight is 349 g/mol. The van der Waals surface area contributed by atoms with E-state index < -0.39 is 0 Å². The highest BCUT2D eigenvalue weighted by atomic mass is 79.9. The molecule has 0 saturated heterocycles. The highest BCUT2D eigenvalue weighted by molar-refractivity contribution is 9.10. The van der Waals surface area contributed by atoms with Gasteiger partial charge in [-0.1, -0.05) is 46.3 Å². The van der Waals surface area contributed by atoms with Gasteiger partial charge < -0.3 is 5.32 Å². The molecule has 3 aromatic rings. The predicted octanol–water partition coefficient (Wildman–Crippen LogP) is 4.78. The summed E-state index contributed by atoms with van der Waals surface area (Å²) >= 11 is 12.7. The molecule has 0 saturated carbocycles. The van der Waals surface area contributed by atoms with Crippen molar-refractivity contribution in [1.82, 2.24) is 4.98 Å². The molecular formula is C14H9BrN2S2. The van der Waals surface area contributed by atoms with Crippen molar-refractivity contribution in [2.24, 2.45) is 0 Å². The summed E-state index contributed by atoms with van der Waals surface area (Å²) in [6.07, 6.45) is 0. The van der Waals surface area contributed by atoms with E-state index in [1.807, 2.05) is 42.5 Å². The molecule has 1 N–H and O–H groups in total. The zero-order valence-electron chi connectivity index (χ0n) is 9.72. The average Bonchev–Trinajstić information content (AvgIpc) is 2.39. The molecule has 5 heteroatoms. The van der Waals surface area contributed by atoms with Crippen molar-refractivity contribution in [3.05, 3.63) is 46.9 Å². The molecule has 19 heavy (non-hydrogen) atoms. The first-order valence-corrected chi connectivity index (χ1v) is 7.28. The molecule has 0 radical (unpaired) electrons. The molecule has 0 bridgehead atoms. The smallest absolute Gasteiger partial charge is 0.135 e. The third-order valence-electron chi connectivity index (χ3n) is 2.87. The maximum Gasteiger partial charge on any atom is 0.135 e. The number of hydrogen-bond donors (Lipinski definition) is 2. The Balaban J connectivity index is 2.46. The lowest BCUT2D eigenvalue weighted by molar-refractivity contribution is 1.49. The Labute approximate surface area is 129 Å². The minimum atomic E-state index is 0.442. The van der Waals surface area contributed by atoms with E-state index in [0.29, 0.717) is 4.32 Å². The molecule has 0 amide bonds. The Kier molecular flexibility index (Phi) is 3.43. The number of fused-ring (bicyclic) bond motifs is 2. The van der Waals surface area contributed by atoms with Gasteiger partial charge in [0.2, 0.25) is 0 Å². The lowest BCUT2D eigenvalue weighted by Crippen LogP contribution is -2.03.